The van der Waals surface area contributed by atoms with Crippen LogP contribution in [-0.2, 0) is 0 Å². The first-order chi connectivity index (χ1) is 7.69. The summed E-state index contributed by atoms with van der Waals surface area (Å²) in [5, 5.41) is 4.52. The van der Waals surface area contributed by atoms with E-state index in [2.05, 4.69) is 24.6 Å². The highest BCUT2D eigenvalue weighted by atomic mass is 32.2. The Morgan fingerprint density at radius 3 is 2.81 bits per heavy atom. The molecule has 1 aromatic rings. The largest absolute Gasteiger partial charge is 0.465 e. The van der Waals surface area contributed by atoms with Gasteiger partial charge < -0.3 is 9.73 Å². The van der Waals surface area contributed by atoms with Crippen LogP contribution in [0.3, 0.4) is 0 Å². The number of thioether (sulfide) groups is 1. The molecule has 1 heterocycles. The second-order valence-corrected chi connectivity index (χ2v) is 5.84. The van der Waals surface area contributed by atoms with E-state index in [1.165, 1.54) is 19.3 Å². The van der Waals surface area contributed by atoms with Gasteiger partial charge in [0, 0.05) is 11.3 Å². The second-order valence-electron chi connectivity index (χ2n) is 4.70. The summed E-state index contributed by atoms with van der Waals surface area (Å²) in [6.45, 7) is 4.18. The molecule has 1 aliphatic rings. The number of furan rings is 1. The van der Waals surface area contributed by atoms with Gasteiger partial charge in [-0.25, -0.2) is 0 Å². The highest BCUT2D eigenvalue weighted by Gasteiger charge is 2.25. The highest BCUT2D eigenvalue weighted by molar-refractivity contribution is 7.99. The van der Waals surface area contributed by atoms with E-state index in [0.29, 0.717) is 12.1 Å². The number of nitrogens with one attached hydrogen (secondary N) is 1. The summed E-state index contributed by atoms with van der Waals surface area (Å²) in [4.78, 5) is 0. The molecule has 2 rings (SSSR count). The summed E-state index contributed by atoms with van der Waals surface area (Å²) in [5.74, 6) is 2.06. The van der Waals surface area contributed by atoms with Crippen molar-refractivity contribution < 1.29 is 4.42 Å². The fourth-order valence-corrected chi connectivity index (χ4v) is 3.22. The van der Waals surface area contributed by atoms with Crippen LogP contribution in [0.1, 0.15) is 43.7 Å². The van der Waals surface area contributed by atoms with Crippen LogP contribution >= 0.6 is 11.8 Å². The molecule has 1 aliphatic carbocycles. The minimum absolute atomic E-state index is 0.333. The third-order valence-electron chi connectivity index (χ3n) is 3.39. The Morgan fingerprint density at radius 2 is 2.25 bits per heavy atom. The van der Waals surface area contributed by atoms with Gasteiger partial charge in [0.05, 0.1) is 6.04 Å². The Morgan fingerprint density at radius 1 is 1.44 bits per heavy atom. The van der Waals surface area contributed by atoms with E-state index in [0.717, 1.165) is 16.8 Å². The summed E-state index contributed by atoms with van der Waals surface area (Å²) in [7, 11) is 0. The maximum atomic E-state index is 5.64. The van der Waals surface area contributed by atoms with Crippen molar-refractivity contribution in [2.75, 3.05) is 6.26 Å². The fourth-order valence-electron chi connectivity index (χ4n) is 2.43. The molecular formula is C13H21NOS. The van der Waals surface area contributed by atoms with Crippen molar-refractivity contribution in [3.05, 3.63) is 23.7 Å². The lowest BCUT2D eigenvalue weighted by atomic mass is 10.2. The zero-order valence-electron chi connectivity index (χ0n) is 10.3. The van der Waals surface area contributed by atoms with Gasteiger partial charge in [-0.1, -0.05) is 0 Å². The monoisotopic (exact) mass is 239 g/mol. The Labute approximate surface area is 102 Å². The molecule has 16 heavy (non-hydrogen) atoms. The van der Waals surface area contributed by atoms with Crippen LogP contribution in [0.5, 0.6) is 0 Å². The SMILES string of the molecule is CS[C@H]1CC[C@H](N[C@@H](C)c2ccc(C)o2)C1. The van der Waals surface area contributed by atoms with Gasteiger partial charge in [-0.3, -0.25) is 0 Å². The molecule has 0 amide bonds. The van der Waals surface area contributed by atoms with E-state index in [4.69, 9.17) is 4.42 Å². The number of aryl methyl sites for hydroxylation is 1. The maximum absolute atomic E-state index is 5.64. The molecular weight excluding hydrogens is 218 g/mol. The molecule has 3 heteroatoms. The molecule has 1 aromatic heterocycles. The summed E-state index contributed by atoms with van der Waals surface area (Å²) in [6.07, 6.45) is 6.16. The molecule has 1 N–H and O–H groups in total. The Bertz CT molecular complexity index is 336. The molecule has 1 saturated carbocycles. The normalized spacial score (nSPS) is 27.2. The van der Waals surface area contributed by atoms with Crippen molar-refractivity contribution in [1.82, 2.24) is 5.32 Å². The fraction of sp³-hybridized carbons (Fsp3) is 0.692. The molecule has 0 radical (unpaired) electrons. The van der Waals surface area contributed by atoms with E-state index in [9.17, 15) is 0 Å². The lowest BCUT2D eigenvalue weighted by Crippen LogP contribution is -2.29. The van der Waals surface area contributed by atoms with Crippen LogP contribution in [0.4, 0.5) is 0 Å². The maximum Gasteiger partial charge on any atom is 0.120 e. The molecule has 3 atom stereocenters. The quantitative estimate of drug-likeness (QED) is 0.870. The average Bonchev–Trinajstić information content (AvgIpc) is 2.87. The Kier molecular flexibility index (Phi) is 3.98. The van der Waals surface area contributed by atoms with Crippen LogP contribution in [0.25, 0.3) is 0 Å². The third-order valence-corrected chi connectivity index (χ3v) is 4.49. The summed E-state index contributed by atoms with van der Waals surface area (Å²) < 4.78 is 5.64. The zero-order chi connectivity index (χ0) is 11.5. The Hall–Kier alpha value is -0.410. The van der Waals surface area contributed by atoms with Crippen molar-refractivity contribution in [2.45, 2.75) is 50.4 Å². The van der Waals surface area contributed by atoms with Gasteiger partial charge in [-0.2, -0.15) is 11.8 Å². The molecule has 2 nitrogen and oxygen atoms in total. The summed E-state index contributed by atoms with van der Waals surface area (Å²) in [5.41, 5.74) is 0. The van der Waals surface area contributed by atoms with Crippen molar-refractivity contribution >= 4 is 11.8 Å². The lowest BCUT2D eigenvalue weighted by molar-refractivity contribution is 0.381. The lowest BCUT2D eigenvalue weighted by Gasteiger charge is -2.17. The highest BCUT2D eigenvalue weighted by Crippen LogP contribution is 2.29. The van der Waals surface area contributed by atoms with Gasteiger partial charge in [0.25, 0.3) is 0 Å². The van der Waals surface area contributed by atoms with Crippen molar-refractivity contribution in [1.29, 1.82) is 0 Å². The summed E-state index contributed by atoms with van der Waals surface area (Å²) in [6, 6.07) is 5.11. The predicted molar refractivity (Wildman–Crippen MR) is 69.9 cm³/mol. The van der Waals surface area contributed by atoms with Crippen LogP contribution < -0.4 is 5.32 Å². The van der Waals surface area contributed by atoms with Gasteiger partial charge in [0.1, 0.15) is 11.5 Å². The molecule has 1 fully saturated rings. The minimum atomic E-state index is 0.333. The average molecular weight is 239 g/mol. The van der Waals surface area contributed by atoms with E-state index in [-0.39, 0.29) is 0 Å². The standard InChI is InChI=1S/C13H21NOS/c1-9-4-7-13(15-9)10(2)14-11-5-6-12(8-11)16-3/h4,7,10-12,14H,5-6,8H2,1-3H3/t10-,11-,12-/m0/s1. The van der Waals surface area contributed by atoms with Gasteiger partial charge in [-0.05, 0) is 51.5 Å². The van der Waals surface area contributed by atoms with Gasteiger partial charge in [-0.15, -0.1) is 0 Å². The van der Waals surface area contributed by atoms with E-state index < -0.39 is 0 Å². The topological polar surface area (TPSA) is 25.2 Å². The van der Waals surface area contributed by atoms with Gasteiger partial charge >= 0.3 is 0 Å². The molecule has 0 aromatic carbocycles. The van der Waals surface area contributed by atoms with Gasteiger partial charge in [0.2, 0.25) is 0 Å². The van der Waals surface area contributed by atoms with Gasteiger partial charge in [0.15, 0.2) is 0 Å². The first kappa shape index (κ1) is 12.1. The van der Waals surface area contributed by atoms with Crippen LogP contribution in [0.15, 0.2) is 16.5 Å². The van der Waals surface area contributed by atoms with Crippen molar-refractivity contribution in [3.63, 3.8) is 0 Å². The molecule has 0 bridgehead atoms. The molecule has 0 unspecified atom stereocenters. The molecule has 0 aliphatic heterocycles. The number of rotatable bonds is 4. The van der Waals surface area contributed by atoms with Crippen LogP contribution in [0.2, 0.25) is 0 Å². The molecule has 90 valence electrons. The first-order valence-corrected chi connectivity index (χ1v) is 7.33. The van der Waals surface area contributed by atoms with Crippen molar-refractivity contribution in [3.8, 4) is 0 Å². The Balaban J connectivity index is 1.86. The van der Waals surface area contributed by atoms with Crippen LogP contribution in [0, 0.1) is 6.92 Å². The minimum Gasteiger partial charge on any atom is -0.465 e. The number of hydrogen-bond acceptors (Lipinski definition) is 3. The smallest absolute Gasteiger partial charge is 0.120 e. The first-order valence-electron chi connectivity index (χ1n) is 6.04. The third kappa shape index (κ3) is 2.83. The van der Waals surface area contributed by atoms with Crippen molar-refractivity contribution in [2.24, 2.45) is 0 Å². The number of hydrogen-bond donors (Lipinski definition) is 1. The molecule has 0 saturated heterocycles. The zero-order valence-corrected chi connectivity index (χ0v) is 11.1. The molecule has 0 spiro atoms. The predicted octanol–water partition coefficient (Wildman–Crippen LogP) is 3.52. The van der Waals surface area contributed by atoms with Crippen LogP contribution in [-0.4, -0.2) is 17.5 Å². The van der Waals surface area contributed by atoms with E-state index in [1.807, 2.05) is 24.8 Å². The van der Waals surface area contributed by atoms with E-state index >= 15 is 0 Å². The second kappa shape index (κ2) is 5.28. The summed E-state index contributed by atoms with van der Waals surface area (Å²) >= 11 is 2.00. The van der Waals surface area contributed by atoms with E-state index in [1.54, 1.807) is 0 Å².